The van der Waals surface area contributed by atoms with Gasteiger partial charge in [-0.05, 0) is 30.7 Å². The normalized spacial score (nSPS) is 15.3. The van der Waals surface area contributed by atoms with Gasteiger partial charge in [-0.3, -0.25) is 10.2 Å². The Morgan fingerprint density at radius 1 is 0.933 bits per heavy atom. The molecule has 154 valence electrons. The van der Waals surface area contributed by atoms with Crippen LogP contribution in [0.25, 0.3) is 5.70 Å². The number of ether oxygens (including phenoxy) is 3. The lowest BCUT2D eigenvalue weighted by Crippen LogP contribution is -2.40. The molecule has 1 N–H and O–H groups in total. The largest absolute Gasteiger partial charge is 0.493 e. The highest BCUT2D eigenvalue weighted by molar-refractivity contribution is 5.49. The topological polar surface area (TPSA) is 63.5 Å². The Bertz CT molecular complexity index is 1160. The minimum atomic E-state index is -0.587. The van der Waals surface area contributed by atoms with E-state index in [2.05, 4.69) is 0 Å². The zero-order valence-corrected chi connectivity index (χ0v) is 17.2. The number of nitrogens with zero attached hydrogens (tertiary/aromatic N) is 2. The number of benzene rings is 3. The SMILES string of the molecule is COc1cc2c(cc1OC)=C(C)N(O)C(c1cccc(OCc3ccccc3)c1)N=2. The molecule has 1 aliphatic heterocycles. The second-order valence-electron chi connectivity index (χ2n) is 7.00. The molecule has 1 heterocycles. The first kappa shape index (κ1) is 19.8. The Morgan fingerprint density at radius 3 is 2.40 bits per heavy atom. The van der Waals surface area contributed by atoms with Crippen molar-refractivity contribution in [2.24, 2.45) is 4.99 Å². The molecule has 0 aromatic heterocycles. The van der Waals surface area contributed by atoms with Gasteiger partial charge in [-0.25, -0.2) is 5.06 Å². The highest BCUT2D eigenvalue weighted by atomic mass is 16.5. The molecule has 0 fully saturated rings. The Kier molecular flexibility index (Phi) is 5.59. The maximum atomic E-state index is 10.8. The van der Waals surface area contributed by atoms with Crippen LogP contribution in [-0.4, -0.2) is 24.5 Å². The molecule has 0 radical (unpaired) electrons. The third-order valence-electron chi connectivity index (χ3n) is 5.13. The predicted octanol–water partition coefficient (Wildman–Crippen LogP) is 3.43. The van der Waals surface area contributed by atoms with Crippen LogP contribution in [0.1, 0.15) is 24.2 Å². The van der Waals surface area contributed by atoms with E-state index < -0.39 is 6.17 Å². The second-order valence-corrected chi connectivity index (χ2v) is 7.00. The van der Waals surface area contributed by atoms with Crippen molar-refractivity contribution in [3.05, 3.63) is 88.4 Å². The fourth-order valence-electron chi connectivity index (χ4n) is 3.48. The van der Waals surface area contributed by atoms with E-state index >= 15 is 0 Å². The number of methoxy groups -OCH3 is 2. The van der Waals surface area contributed by atoms with Crippen molar-refractivity contribution in [2.75, 3.05) is 14.2 Å². The zero-order chi connectivity index (χ0) is 21.1. The van der Waals surface area contributed by atoms with Gasteiger partial charge in [0.1, 0.15) is 12.4 Å². The van der Waals surface area contributed by atoms with E-state index in [0.29, 0.717) is 23.8 Å². The highest BCUT2D eigenvalue weighted by Crippen LogP contribution is 2.29. The van der Waals surface area contributed by atoms with E-state index in [1.165, 1.54) is 5.06 Å². The summed E-state index contributed by atoms with van der Waals surface area (Å²) in [6.07, 6.45) is -0.587. The molecule has 1 aliphatic rings. The van der Waals surface area contributed by atoms with Gasteiger partial charge in [0, 0.05) is 16.8 Å². The number of hydrogen-bond donors (Lipinski definition) is 1. The van der Waals surface area contributed by atoms with Crippen LogP contribution in [0, 0.1) is 0 Å². The molecule has 6 nitrogen and oxygen atoms in total. The lowest BCUT2D eigenvalue weighted by atomic mass is 10.1. The smallest absolute Gasteiger partial charge is 0.171 e. The standard InChI is InChI=1S/C24H24N2O4/c1-16-20-13-22(28-2)23(29-3)14-21(20)25-24(26(16)27)18-10-7-11-19(12-18)30-15-17-8-5-4-6-9-17/h4-14,24,27H,15H2,1-3H3. The first-order chi connectivity index (χ1) is 14.6. The molecule has 4 rings (SSSR count). The van der Waals surface area contributed by atoms with Crippen LogP contribution in [0.5, 0.6) is 17.2 Å². The fraction of sp³-hybridized carbons (Fsp3) is 0.208. The lowest BCUT2D eigenvalue weighted by Gasteiger charge is -2.28. The summed E-state index contributed by atoms with van der Waals surface area (Å²) >= 11 is 0. The summed E-state index contributed by atoms with van der Waals surface area (Å²) in [7, 11) is 3.17. The molecule has 1 unspecified atom stereocenters. The average Bonchev–Trinajstić information content (AvgIpc) is 2.80. The van der Waals surface area contributed by atoms with E-state index in [1.54, 1.807) is 14.2 Å². The second kappa shape index (κ2) is 8.47. The molecule has 0 aliphatic carbocycles. The Balaban J connectivity index is 1.67. The molecule has 1 atom stereocenters. The van der Waals surface area contributed by atoms with E-state index in [0.717, 1.165) is 27.5 Å². The van der Waals surface area contributed by atoms with Crippen LogP contribution in [0.4, 0.5) is 0 Å². The molecule has 6 heteroatoms. The van der Waals surface area contributed by atoms with Crippen LogP contribution in [0.2, 0.25) is 0 Å². The Labute approximate surface area is 175 Å². The zero-order valence-electron chi connectivity index (χ0n) is 17.2. The summed E-state index contributed by atoms with van der Waals surface area (Å²) in [5.74, 6) is 1.91. The van der Waals surface area contributed by atoms with Gasteiger partial charge >= 0.3 is 0 Å². The van der Waals surface area contributed by atoms with Crippen LogP contribution in [-0.2, 0) is 6.61 Å². The van der Waals surface area contributed by atoms with E-state index in [1.807, 2.05) is 73.7 Å². The number of fused-ring (bicyclic) bond motifs is 1. The highest BCUT2D eigenvalue weighted by Gasteiger charge is 2.24. The van der Waals surface area contributed by atoms with Gasteiger partial charge in [-0.2, -0.15) is 0 Å². The van der Waals surface area contributed by atoms with Crippen molar-refractivity contribution < 1.29 is 19.4 Å². The molecule has 3 aromatic carbocycles. The van der Waals surface area contributed by atoms with E-state index in [9.17, 15) is 5.21 Å². The maximum Gasteiger partial charge on any atom is 0.171 e. The Hall–Kier alpha value is -3.51. The third-order valence-corrected chi connectivity index (χ3v) is 5.13. The van der Waals surface area contributed by atoms with E-state index in [4.69, 9.17) is 19.2 Å². The third kappa shape index (κ3) is 3.82. The van der Waals surface area contributed by atoms with E-state index in [-0.39, 0.29) is 0 Å². The van der Waals surface area contributed by atoms with Gasteiger partial charge in [0.15, 0.2) is 17.7 Å². The molecule has 0 spiro atoms. The molecule has 0 saturated carbocycles. The van der Waals surface area contributed by atoms with Crippen LogP contribution in [0.15, 0.2) is 71.7 Å². The molecular weight excluding hydrogens is 380 g/mol. The summed E-state index contributed by atoms with van der Waals surface area (Å²) in [5.41, 5.74) is 2.59. The van der Waals surface area contributed by atoms with Crippen molar-refractivity contribution in [1.82, 2.24) is 5.06 Å². The molecular formula is C24H24N2O4. The molecule has 0 amide bonds. The van der Waals surface area contributed by atoms with Gasteiger partial charge in [-0.1, -0.05) is 42.5 Å². The van der Waals surface area contributed by atoms with Gasteiger partial charge in [0.2, 0.25) is 0 Å². The van der Waals surface area contributed by atoms with Crippen LogP contribution < -0.4 is 24.8 Å². The van der Waals surface area contributed by atoms with Crippen LogP contribution in [0.3, 0.4) is 0 Å². The average molecular weight is 404 g/mol. The Morgan fingerprint density at radius 2 is 1.67 bits per heavy atom. The fourth-order valence-corrected chi connectivity index (χ4v) is 3.48. The number of hydrogen-bond acceptors (Lipinski definition) is 6. The number of hydroxylamine groups is 2. The van der Waals surface area contributed by atoms with Crippen molar-refractivity contribution >= 4 is 5.70 Å². The molecule has 0 bridgehead atoms. The molecule has 3 aromatic rings. The van der Waals surface area contributed by atoms with Gasteiger partial charge < -0.3 is 14.2 Å². The maximum absolute atomic E-state index is 10.8. The minimum absolute atomic E-state index is 0.472. The summed E-state index contributed by atoms with van der Waals surface area (Å²) < 4.78 is 16.7. The van der Waals surface area contributed by atoms with Crippen molar-refractivity contribution in [1.29, 1.82) is 0 Å². The minimum Gasteiger partial charge on any atom is -0.493 e. The van der Waals surface area contributed by atoms with Crippen LogP contribution >= 0.6 is 0 Å². The van der Waals surface area contributed by atoms with Gasteiger partial charge in [-0.15, -0.1) is 0 Å². The quantitative estimate of drug-likeness (QED) is 0.682. The number of rotatable bonds is 6. The summed E-state index contributed by atoms with van der Waals surface area (Å²) in [6, 6.07) is 21.3. The summed E-state index contributed by atoms with van der Waals surface area (Å²) in [6.45, 7) is 2.32. The van der Waals surface area contributed by atoms with Gasteiger partial charge in [0.05, 0.1) is 25.3 Å². The van der Waals surface area contributed by atoms with Crippen molar-refractivity contribution in [3.8, 4) is 17.2 Å². The lowest BCUT2D eigenvalue weighted by molar-refractivity contribution is -0.0707. The van der Waals surface area contributed by atoms with Crippen molar-refractivity contribution in [2.45, 2.75) is 19.7 Å². The monoisotopic (exact) mass is 404 g/mol. The molecule has 0 saturated heterocycles. The first-order valence-corrected chi connectivity index (χ1v) is 9.66. The van der Waals surface area contributed by atoms with Gasteiger partial charge in [0.25, 0.3) is 0 Å². The predicted molar refractivity (Wildman–Crippen MR) is 113 cm³/mol. The first-order valence-electron chi connectivity index (χ1n) is 9.66. The summed E-state index contributed by atoms with van der Waals surface area (Å²) in [5, 5.41) is 13.5. The summed E-state index contributed by atoms with van der Waals surface area (Å²) in [4.78, 5) is 4.75. The van der Waals surface area contributed by atoms with Crippen molar-refractivity contribution in [3.63, 3.8) is 0 Å². The molecule has 30 heavy (non-hydrogen) atoms.